The third kappa shape index (κ3) is 3.63. The van der Waals surface area contributed by atoms with Crippen molar-refractivity contribution >= 4 is 29.3 Å². The quantitative estimate of drug-likeness (QED) is 0.696. The molecule has 2 heterocycles. The fourth-order valence-electron chi connectivity index (χ4n) is 3.05. The van der Waals surface area contributed by atoms with E-state index < -0.39 is 6.10 Å². The lowest BCUT2D eigenvalue weighted by Crippen LogP contribution is -2.35. The van der Waals surface area contributed by atoms with Gasteiger partial charge in [0.05, 0.1) is 17.1 Å². The van der Waals surface area contributed by atoms with E-state index in [1.54, 1.807) is 16.2 Å². The van der Waals surface area contributed by atoms with Crippen LogP contribution >= 0.6 is 12.4 Å². The number of para-hydroxylation sites is 2. The number of rotatable bonds is 5. The number of aromatic nitrogens is 2. The zero-order valence-electron chi connectivity index (χ0n) is 13.6. The number of nitrogens with one attached hydrogen (secondary N) is 2. The lowest BCUT2D eigenvalue weighted by atomic mass is 10.1. The highest BCUT2D eigenvalue weighted by Gasteiger charge is 2.24. The van der Waals surface area contributed by atoms with Crippen molar-refractivity contribution in [1.82, 2.24) is 19.8 Å². The Morgan fingerprint density at radius 1 is 1.33 bits per heavy atom. The van der Waals surface area contributed by atoms with Crippen LogP contribution in [0.5, 0.6) is 0 Å². The Bertz CT molecular complexity index is 770. The highest BCUT2D eigenvalue weighted by Crippen LogP contribution is 2.12. The van der Waals surface area contributed by atoms with Crippen LogP contribution in [0.2, 0.25) is 0 Å². The van der Waals surface area contributed by atoms with E-state index in [-0.39, 0.29) is 36.3 Å². The Hall–Kier alpha value is -1.83. The lowest BCUT2D eigenvalue weighted by molar-refractivity contribution is -0.121. The number of aliphatic hydroxyl groups is 1. The van der Waals surface area contributed by atoms with Crippen LogP contribution in [-0.2, 0) is 18.4 Å². The van der Waals surface area contributed by atoms with Crippen molar-refractivity contribution in [2.45, 2.75) is 19.1 Å². The van der Waals surface area contributed by atoms with Gasteiger partial charge in [0.15, 0.2) is 0 Å². The van der Waals surface area contributed by atoms with Crippen LogP contribution in [0.3, 0.4) is 0 Å². The third-order valence-corrected chi connectivity index (χ3v) is 4.48. The molecule has 0 bridgehead atoms. The van der Waals surface area contributed by atoms with Crippen molar-refractivity contribution in [3.05, 3.63) is 34.7 Å². The van der Waals surface area contributed by atoms with Gasteiger partial charge in [-0.2, -0.15) is 0 Å². The number of fused-ring (bicyclic) bond motifs is 1. The molecule has 3 rings (SSSR count). The molecule has 1 fully saturated rings. The molecule has 1 aliphatic heterocycles. The predicted octanol–water partition coefficient (Wildman–Crippen LogP) is -0.152. The second-order valence-electron chi connectivity index (χ2n) is 6.02. The smallest absolute Gasteiger partial charge is 0.328 e. The topological polar surface area (TPSA) is 88.3 Å². The Balaban J connectivity index is 0.00000208. The molecule has 2 unspecified atom stereocenters. The molecule has 132 valence electrons. The number of amides is 1. The molecule has 7 nitrogen and oxygen atoms in total. The number of hydrogen-bond acceptors (Lipinski definition) is 4. The van der Waals surface area contributed by atoms with Gasteiger partial charge in [0.2, 0.25) is 5.91 Å². The average molecular weight is 355 g/mol. The first-order valence-electron chi connectivity index (χ1n) is 7.87. The monoisotopic (exact) mass is 354 g/mol. The molecule has 1 aliphatic rings. The summed E-state index contributed by atoms with van der Waals surface area (Å²) in [6, 6.07) is 7.55. The highest BCUT2D eigenvalue weighted by molar-refractivity contribution is 5.85. The summed E-state index contributed by atoms with van der Waals surface area (Å²) in [4.78, 5) is 24.3. The van der Waals surface area contributed by atoms with Gasteiger partial charge in [-0.05, 0) is 12.1 Å². The number of carbonyl (C=O) groups excluding carboxylic acids is 1. The van der Waals surface area contributed by atoms with E-state index in [4.69, 9.17) is 0 Å². The summed E-state index contributed by atoms with van der Waals surface area (Å²) in [5.41, 5.74) is 1.58. The molecule has 1 amide bonds. The Kier molecular flexibility index (Phi) is 6.04. The van der Waals surface area contributed by atoms with E-state index in [2.05, 4.69) is 10.6 Å². The normalized spacial score (nSPS) is 20.1. The maximum absolute atomic E-state index is 12.3. The van der Waals surface area contributed by atoms with Gasteiger partial charge in [-0.25, -0.2) is 4.79 Å². The number of aliphatic hydroxyl groups excluding tert-OH is 1. The summed E-state index contributed by atoms with van der Waals surface area (Å²) in [5.74, 6) is -0.0526. The number of hydrogen-bond donors (Lipinski definition) is 3. The molecule has 0 radical (unpaired) electrons. The van der Waals surface area contributed by atoms with Crippen molar-refractivity contribution < 1.29 is 9.90 Å². The maximum atomic E-state index is 12.3. The van der Waals surface area contributed by atoms with Gasteiger partial charge in [-0.3, -0.25) is 13.9 Å². The number of halogens is 1. The van der Waals surface area contributed by atoms with Crippen molar-refractivity contribution in [1.29, 1.82) is 0 Å². The van der Waals surface area contributed by atoms with Gasteiger partial charge in [0.1, 0.15) is 0 Å². The molecular formula is C16H23ClN4O3. The van der Waals surface area contributed by atoms with Crippen LogP contribution in [0, 0.1) is 5.92 Å². The zero-order chi connectivity index (χ0) is 16.4. The highest BCUT2D eigenvalue weighted by atomic mass is 35.5. The molecule has 0 spiro atoms. The molecule has 1 aromatic carbocycles. The largest absolute Gasteiger partial charge is 0.391 e. The second-order valence-corrected chi connectivity index (χ2v) is 6.02. The van der Waals surface area contributed by atoms with E-state index in [1.165, 1.54) is 0 Å². The fraction of sp³-hybridized carbons (Fsp3) is 0.500. The number of benzene rings is 1. The van der Waals surface area contributed by atoms with Crippen LogP contribution < -0.4 is 16.3 Å². The summed E-state index contributed by atoms with van der Waals surface area (Å²) in [6.45, 7) is 2.09. The van der Waals surface area contributed by atoms with Gasteiger partial charge in [0.25, 0.3) is 0 Å². The van der Waals surface area contributed by atoms with Gasteiger partial charge in [0, 0.05) is 45.6 Å². The predicted molar refractivity (Wildman–Crippen MR) is 94.4 cm³/mol. The van der Waals surface area contributed by atoms with E-state index >= 15 is 0 Å². The van der Waals surface area contributed by atoms with E-state index in [9.17, 15) is 14.7 Å². The van der Waals surface area contributed by atoms with Gasteiger partial charge >= 0.3 is 5.69 Å². The summed E-state index contributed by atoms with van der Waals surface area (Å²) in [7, 11) is 1.73. The number of nitrogens with zero attached hydrogens (tertiary/aromatic N) is 2. The lowest BCUT2D eigenvalue weighted by Gasteiger charge is -2.14. The molecule has 24 heavy (non-hydrogen) atoms. The second kappa shape index (κ2) is 7.83. The number of carbonyl (C=O) groups is 1. The van der Waals surface area contributed by atoms with Crippen molar-refractivity contribution in [3.8, 4) is 0 Å². The van der Waals surface area contributed by atoms with Crippen LogP contribution in [0.15, 0.2) is 29.1 Å². The Morgan fingerprint density at radius 3 is 2.71 bits per heavy atom. The first-order chi connectivity index (χ1) is 11.1. The van der Waals surface area contributed by atoms with Gasteiger partial charge < -0.3 is 15.7 Å². The number of aryl methyl sites for hydroxylation is 2. The van der Waals surface area contributed by atoms with E-state index in [0.717, 1.165) is 11.0 Å². The Morgan fingerprint density at radius 2 is 2.04 bits per heavy atom. The van der Waals surface area contributed by atoms with E-state index in [0.29, 0.717) is 26.2 Å². The fourth-order valence-corrected chi connectivity index (χ4v) is 3.05. The minimum absolute atomic E-state index is 0. The standard InChI is InChI=1S/C16H22N4O3.ClH/c1-19-12-4-2-3-5-13(12)20(16(19)23)7-6-15(22)18-9-11-8-17-10-14(11)21;/h2-5,11,14,17,21H,6-10H2,1H3,(H,18,22);1H. The third-order valence-electron chi connectivity index (χ3n) is 4.48. The number of imidazole rings is 1. The van der Waals surface area contributed by atoms with Gasteiger partial charge in [-0.1, -0.05) is 12.1 Å². The zero-order valence-corrected chi connectivity index (χ0v) is 14.4. The van der Waals surface area contributed by atoms with E-state index in [1.807, 2.05) is 24.3 Å². The number of β-amino-alcohol motifs (C(OH)–C–C–N with tert-alkyl or cyclic N) is 1. The molecular weight excluding hydrogens is 332 g/mol. The molecule has 0 aliphatic carbocycles. The van der Waals surface area contributed by atoms with Crippen molar-refractivity contribution in [2.75, 3.05) is 19.6 Å². The van der Waals surface area contributed by atoms with Gasteiger partial charge in [-0.15, -0.1) is 12.4 Å². The molecule has 2 aromatic rings. The minimum atomic E-state index is -0.406. The first kappa shape index (κ1) is 18.5. The minimum Gasteiger partial charge on any atom is -0.391 e. The SMILES string of the molecule is Cl.Cn1c(=O)n(CCC(=O)NCC2CNCC2O)c2ccccc21. The van der Waals surface area contributed by atoms with Crippen LogP contribution in [0.4, 0.5) is 0 Å². The summed E-state index contributed by atoms with van der Waals surface area (Å²) < 4.78 is 3.22. The molecule has 0 saturated carbocycles. The maximum Gasteiger partial charge on any atom is 0.328 e. The van der Waals surface area contributed by atoms with Crippen LogP contribution in [0.1, 0.15) is 6.42 Å². The summed E-state index contributed by atoms with van der Waals surface area (Å²) in [6.07, 6.45) is -0.166. The first-order valence-corrected chi connectivity index (χ1v) is 7.87. The molecule has 8 heteroatoms. The summed E-state index contributed by atoms with van der Waals surface area (Å²) in [5, 5.41) is 15.6. The molecule has 1 saturated heterocycles. The molecule has 3 N–H and O–H groups in total. The van der Waals surface area contributed by atoms with Crippen molar-refractivity contribution in [2.24, 2.45) is 13.0 Å². The summed E-state index contributed by atoms with van der Waals surface area (Å²) >= 11 is 0. The van der Waals surface area contributed by atoms with Crippen molar-refractivity contribution in [3.63, 3.8) is 0 Å². The Labute approximate surface area is 146 Å². The molecule has 2 atom stereocenters. The van der Waals surface area contributed by atoms with Crippen LogP contribution in [-0.4, -0.2) is 45.9 Å². The molecule has 1 aromatic heterocycles. The van der Waals surface area contributed by atoms with Crippen LogP contribution in [0.25, 0.3) is 11.0 Å². The average Bonchev–Trinajstić information content (AvgIpc) is 3.07.